The number of aliphatic hydroxyl groups is 1. The smallest absolute Gasteiger partial charge is 0.254 e. The lowest BCUT2D eigenvalue weighted by Crippen LogP contribution is -2.52. The second kappa shape index (κ2) is 10.1. The first-order valence-electron chi connectivity index (χ1n) is 8.79. The minimum absolute atomic E-state index is 0.294. The van der Waals surface area contributed by atoms with Gasteiger partial charge < -0.3 is 20.1 Å². The van der Waals surface area contributed by atoms with Crippen molar-refractivity contribution in [1.29, 1.82) is 0 Å². The molecule has 29 heavy (non-hydrogen) atoms. The fraction of sp³-hybridized carbons (Fsp3) is 0.227. The minimum atomic E-state index is -1.40. The van der Waals surface area contributed by atoms with Gasteiger partial charge in [0.15, 0.2) is 11.8 Å². The summed E-state index contributed by atoms with van der Waals surface area (Å²) < 4.78 is 5.10. The number of carbonyl (C=O) groups excluding carboxylic acids is 3. The average Bonchev–Trinajstić information content (AvgIpc) is 2.77. The molecule has 2 N–H and O–H groups in total. The fourth-order valence-electron chi connectivity index (χ4n) is 2.60. The van der Waals surface area contributed by atoms with Crippen LogP contribution in [0.2, 0.25) is 0 Å². The molecule has 2 amide bonds. The maximum atomic E-state index is 12.6. The number of benzene rings is 2. The summed E-state index contributed by atoms with van der Waals surface area (Å²) in [5, 5.41) is 11.4. The number of ether oxygens (including phenoxy) is 1. The van der Waals surface area contributed by atoms with Crippen LogP contribution in [0.15, 0.2) is 48.5 Å². The third kappa shape index (κ3) is 5.43. The molecule has 0 heterocycles. The van der Waals surface area contributed by atoms with Gasteiger partial charge in [-0.25, -0.2) is 0 Å². The molecule has 0 saturated carbocycles. The van der Waals surface area contributed by atoms with Crippen LogP contribution in [0.4, 0.5) is 0 Å². The first-order valence-corrected chi connectivity index (χ1v) is 8.79. The maximum Gasteiger partial charge on any atom is 0.254 e. The number of hydrogen-bond donors (Lipinski definition) is 2. The second-order valence-corrected chi connectivity index (χ2v) is 6.11. The van der Waals surface area contributed by atoms with Gasteiger partial charge in [-0.3, -0.25) is 14.4 Å². The summed E-state index contributed by atoms with van der Waals surface area (Å²) in [5.74, 6) is 4.83. The maximum absolute atomic E-state index is 12.6. The molecule has 1 atom stereocenters. The Hall–Kier alpha value is -3.63. The van der Waals surface area contributed by atoms with E-state index in [1.807, 2.05) is 24.3 Å². The number of methoxy groups -OCH3 is 1. The number of carbonyl (C=O) groups is 3. The number of likely N-dealkylation sites (N-methyl/N-ethyl adjacent to an activating group) is 2. The van der Waals surface area contributed by atoms with E-state index in [4.69, 9.17) is 9.84 Å². The zero-order chi connectivity index (χ0) is 21.4. The third-order valence-corrected chi connectivity index (χ3v) is 4.24. The Balaban J connectivity index is 2.16. The number of nitrogens with zero attached hydrogens (tertiary/aromatic N) is 1. The Bertz CT molecular complexity index is 924. The Morgan fingerprint density at radius 3 is 2.00 bits per heavy atom. The van der Waals surface area contributed by atoms with E-state index in [-0.39, 0.29) is 0 Å². The molecular weight excluding hydrogens is 372 g/mol. The van der Waals surface area contributed by atoms with Gasteiger partial charge in [-0.15, -0.1) is 0 Å². The van der Waals surface area contributed by atoms with E-state index >= 15 is 0 Å². The van der Waals surface area contributed by atoms with Gasteiger partial charge in [-0.2, -0.15) is 0 Å². The van der Waals surface area contributed by atoms with Crippen LogP contribution in [0.1, 0.15) is 21.5 Å². The molecule has 2 aromatic rings. The summed E-state index contributed by atoms with van der Waals surface area (Å²) in [7, 11) is 4.29. The van der Waals surface area contributed by atoms with E-state index in [1.54, 1.807) is 31.4 Å². The lowest BCUT2D eigenvalue weighted by Gasteiger charge is -2.25. The monoisotopic (exact) mass is 394 g/mol. The van der Waals surface area contributed by atoms with Crippen molar-refractivity contribution in [2.45, 2.75) is 6.04 Å². The van der Waals surface area contributed by atoms with Crippen LogP contribution in [0.5, 0.6) is 5.75 Å². The zero-order valence-electron chi connectivity index (χ0n) is 16.4. The summed E-state index contributed by atoms with van der Waals surface area (Å²) >= 11 is 0. The molecule has 7 heteroatoms. The molecule has 0 aromatic heterocycles. The lowest BCUT2D eigenvalue weighted by molar-refractivity contribution is -0.135. The van der Waals surface area contributed by atoms with E-state index in [9.17, 15) is 14.4 Å². The molecule has 0 aliphatic carbocycles. The predicted octanol–water partition coefficient (Wildman–Crippen LogP) is 0.843. The number of amides is 2. The van der Waals surface area contributed by atoms with Gasteiger partial charge in [0.05, 0.1) is 7.11 Å². The van der Waals surface area contributed by atoms with E-state index in [0.717, 1.165) is 16.2 Å². The Morgan fingerprint density at radius 1 is 1.03 bits per heavy atom. The molecule has 0 radical (unpaired) electrons. The van der Waals surface area contributed by atoms with Gasteiger partial charge in [0.1, 0.15) is 12.4 Å². The summed E-state index contributed by atoms with van der Waals surface area (Å²) in [6.45, 7) is -0.838. The number of Topliss-reactive ketones (excluding diaryl/α,β-unsaturated/α-hetero) is 1. The molecule has 0 aliphatic heterocycles. The standard InChI is InChI=1S/C22H22N2O5/c1-23-21(27)20(19(26)14-25)24(2)22(28)17-10-6-15(7-11-17)4-5-16-8-12-18(29-3)13-9-16/h6-13,20,25H,14H2,1-3H3,(H,23,27). The van der Waals surface area contributed by atoms with Gasteiger partial charge in [0.25, 0.3) is 5.91 Å². The van der Waals surface area contributed by atoms with E-state index in [1.165, 1.54) is 14.1 Å². The van der Waals surface area contributed by atoms with Crippen molar-refractivity contribution in [3.63, 3.8) is 0 Å². The highest BCUT2D eigenvalue weighted by Crippen LogP contribution is 2.12. The van der Waals surface area contributed by atoms with Gasteiger partial charge in [-0.05, 0) is 48.5 Å². The van der Waals surface area contributed by atoms with Crippen molar-refractivity contribution >= 4 is 17.6 Å². The van der Waals surface area contributed by atoms with Gasteiger partial charge >= 0.3 is 0 Å². The molecule has 0 saturated heterocycles. The fourth-order valence-corrected chi connectivity index (χ4v) is 2.60. The summed E-state index contributed by atoms with van der Waals surface area (Å²) in [6.07, 6.45) is 0. The van der Waals surface area contributed by atoms with Crippen molar-refractivity contribution in [1.82, 2.24) is 10.2 Å². The third-order valence-electron chi connectivity index (χ3n) is 4.24. The van der Waals surface area contributed by atoms with Crippen molar-refractivity contribution in [2.24, 2.45) is 0 Å². The number of rotatable bonds is 6. The molecule has 7 nitrogen and oxygen atoms in total. The van der Waals surface area contributed by atoms with Crippen LogP contribution in [0.25, 0.3) is 0 Å². The van der Waals surface area contributed by atoms with Crippen molar-refractivity contribution in [3.8, 4) is 17.6 Å². The van der Waals surface area contributed by atoms with Crippen molar-refractivity contribution in [3.05, 3.63) is 65.2 Å². The zero-order valence-corrected chi connectivity index (χ0v) is 16.4. The quantitative estimate of drug-likeness (QED) is 0.559. The van der Waals surface area contributed by atoms with Crippen LogP contribution in [0.3, 0.4) is 0 Å². The largest absolute Gasteiger partial charge is 0.497 e. The molecule has 0 spiro atoms. The number of hydrogen-bond acceptors (Lipinski definition) is 5. The van der Waals surface area contributed by atoms with Crippen molar-refractivity contribution in [2.75, 3.05) is 27.8 Å². The Labute approximate surface area is 169 Å². The molecule has 2 rings (SSSR count). The number of aliphatic hydroxyl groups excluding tert-OH is 1. The number of nitrogens with one attached hydrogen (secondary N) is 1. The highest BCUT2D eigenvalue weighted by molar-refractivity contribution is 6.10. The van der Waals surface area contributed by atoms with E-state index in [2.05, 4.69) is 17.2 Å². The molecule has 0 fully saturated rings. The number of ketones is 1. The highest BCUT2D eigenvalue weighted by Gasteiger charge is 2.32. The van der Waals surface area contributed by atoms with Crippen LogP contribution in [-0.2, 0) is 9.59 Å². The summed E-state index contributed by atoms with van der Waals surface area (Å²) in [6, 6.07) is 12.4. The van der Waals surface area contributed by atoms with Crippen LogP contribution < -0.4 is 10.1 Å². The van der Waals surface area contributed by atoms with Crippen LogP contribution in [-0.4, -0.2) is 61.5 Å². The Morgan fingerprint density at radius 2 is 1.55 bits per heavy atom. The second-order valence-electron chi connectivity index (χ2n) is 6.11. The SMILES string of the molecule is CNC(=O)C(C(=O)CO)N(C)C(=O)c1ccc(C#Cc2ccc(OC)cc2)cc1. The lowest BCUT2D eigenvalue weighted by atomic mass is 10.1. The van der Waals surface area contributed by atoms with Crippen molar-refractivity contribution < 1.29 is 24.2 Å². The van der Waals surface area contributed by atoms with Crippen LogP contribution >= 0.6 is 0 Å². The van der Waals surface area contributed by atoms with Gasteiger partial charge in [0, 0.05) is 30.8 Å². The highest BCUT2D eigenvalue weighted by atomic mass is 16.5. The summed E-state index contributed by atoms with van der Waals surface area (Å²) in [5.41, 5.74) is 1.82. The minimum Gasteiger partial charge on any atom is -0.497 e. The first kappa shape index (κ1) is 21.7. The van der Waals surface area contributed by atoms with E-state index < -0.39 is 30.2 Å². The summed E-state index contributed by atoms with van der Waals surface area (Å²) in [4.78, 5) is 37.5. The first-order chi connectivity index (χ1) is 13.9. The van der Waals surface area contributed by atoms with Gasteiger partial charge in [0.2, 0.25) is 5.91 Å². The normalized spacial score (nSPS) is 10.9. The van der Waals surface area contributed by atoms with Crippen LogP contribution in [0, 0.1) is 11.8 Å². The average molecular weight is 394 g/mol. The van der Waals surface area contributed by atoms with Gasteiger partial charge in [-0.1, -0.05) is 11.8 Å². The van der Waals surface area contributed by atoms with E-state index in [0.29, 0.717) is 11.1 Å². The predicted molar refractivity (Wildman–Crippen MR) is 107 cm³/mol. The molecule has 1 unspecified atom stereocenters. The Kier molecular flexibility index (Phi) is 7.52. The molecule has 2 aromatic carbocycles. The molecule has 0 bridgehead atoms. The molecular formula is C22H22N2O5. The topological polar surface area (TPSA) is 95.9 Å². The molecule has 0 aliphatic rings. The molecule has 150 valence electrons.